The molecule has 560 valence electrons. The Balaban J connectivity index is 0.000000220. The first kappa shape index (κ1) is 82.4. The molecule has 0 aliphatic heterocycles. The summed E-state index contributed by atoms with van der Waals surface area (Å²) < 4.78 is 213. The molecule has 9 rings (SSSR count). The first-order valence-electron chi connectivity index (χ1n) is 29.6. The molecule has 5 N–H and O–H groups in total. The minimum atomic E-state index is -4.76. The number of carbonyl (C=O) groups excluding carboxylic acids is 4. The normalized spacial score (nSPS) is 11.9. The van der Waals surface area contributed by atoms with Gasteiger partial charge in [0.1, 0.15) is 39.0 Å². The van der Waals surface area contributed by atoms with Gasteiger partial charge in [0.2, 0.25) is 39.4 Å². The van der Waals surface area contributed by atoms with Gasteiger partial charge in [0.05, 0.1) is 79.8 Å². The van der Waals surface area contributed by atoms with Gasteiger partial charge in [-0.1, -0.05) is 43.5 Å². The number of aromatic nitrogens is 9. The molecular formula is C61H64ClF6N13O19S4. The van der Waals surface area contributed by atoms with Crippen molar-refractivity contribution >= 4 is 103 Å². The van der Waals surface area contributed by atoms with Crippen LogP contribution in [0.2, 0.25) is 5.02 Å². The van der Waals surface area contributed by atoms with Crippen molar-refractivity contribution in [2.45, 2.75) is 80.2 Å². The Kier molecular flexibility index (Phi) is 27.8. The number of hydrogen-bond acceptors (Lipinski definition) is 26. The summed E-state index contributed by atoms with van der Waals surface area (Å²) in [4.78, 5) is 66.5. The highest BCUT2D eigenvalue weighted by molar-refractivity contribution is 7.92. The van der Waals surface area contributed by atoms with Crippen LogP contribution in [0.5, 0.6) is 29.4 Å². The zero-order valence-corrected chi connectivity index (χ0v) is 60.2. The van der Waals surface area contributed by atoms with Gasteiger partial charge in [-0.3, -0.25) is 19.8 Å². The summed E-state index contributed by atoms with van der Waals surface area (Å²) in [7, 11) is -10.7. The van der Waals surface area contributed by atoms with Gasteiger partial charge >= 0.3 is 30.2 Å². The molecule has 1 unspecified atom stereocenters. The Labute approximate surface area is 594 Å². The number of anilines is 2. The van der Waals surface area contributed by atoms with Gasteiger partial charge in [-0.15, -0.1) is 5.10 Å². The van der Waals surface area contributed by atoms with E-state index in [1.54, 1.807) is 27.8 Å². The second-order valence-corrected chi connectivity index (χ2v) is 28.9. The highest BCUT2D eigenvalue weighted by atomic mass is 35.5. The number of pyridine rings is 1. The van der Waals surface area contributed by atoms with E-state index >= 15 is 0 Å². The summed E-state index contributed by atoms with van der Waals surface area (Å²) in [6.07, 6.45) is 3.47. The van der Waals surface area contributed by atoms with Crippen molar-refractivity contribution in [1.82, 2.24) is 53.8 Å². The van der Waals surface area contributed by atoms with Crippen molar-refractivity contribution < 1.29 is 113 Å². The minimum absolute atomic E-state index is 0.0408. The third-order valence-corrected chi connectivity index (χ3v) is 18.3. The standard InChI is InChI=1S/C18H22ClNO3.C17H21N5O9S2.C14H13F3N2O4S.C12H8F3N5O3S/c1-3-4-5-7-13(2)23-17(21)12-22-16-10-9-15(19)14-8-6-11-20-18(14)16;1-29-13-8-14(30-2)20-16(19-13)21-17(24)22-33(27,28)12-7-10(9-18-32(4,25)26)5-6-11(12)15(23)31-3;1-7-11(13(21)19(2)18-7)12(20)9-5-4-8(14(15,16)17)6-10(9)24(3,22)23;1-23-12-16-5-8(15)10-17-11(18-20(10)12)24(21,22)19-9-6(13)3-2-4-7(9)14/h6,8-11,13H,3-5,7,12H2,1-2H3;5-8,18H,9H2,1-4H3,(H2,19,20,21,22,24);4-6,21H,1-3H3;2-5,19H,1H3. The smallest absolute Gasteiger partial charge is 0.416 e. The molecule has 0 bridgehead atoms. The Bertz CT molecular complexity index is 5120. The molecule has 5 aromatic heterocycles. The van der Waals surface area contributed by atoms with Gasteiger partial charge in [-0.2, -0.15) is 46.2 Å². The Hall–Kier alpha value is -10.6. The van der Waals surface area contributed by atoms with E-state index < -0.39 is 125 Å². The fraction of sp³-hybridized carbons (Fsp3) is 0.295. The van der Waals surface area contributed by atoms with Crippen molar-refractivity contribution in [3.63, 3.8) is 0 Å². The molecule has 104 heavy (non-hydrogen) atoms. The molecule has 0 spiro atoms. The molecule has 0 aliphatic carbocycles. The maximum absolute atomic E-state index is 13.7. The number of urea groups is 1. The Morgan fingerprint density at radius 2 is 1.40 bits per heavy atom. The van der Waals surface area contributed by atoms with Crippen LogP contribution in [0.4, 0.5) is 42.8 Å². The average Bonchev–Trinajstić information content (AvgIpc) is 1.52. The molecule has 43 heteroatoms. The van der Waals surface area contributed by atoms with Crippen LogP contribution in [0, 0.1) is 24.4 Å². The van der Waals surface area contributed by atoms with Crippen LogP contribution >= 0.6 is 11.6 Å². The predicted octanol–water partition coefficient (Wildman–Crippen LogP) is 8.06. The summed E-state index contributed by atoms with van der Waals surface area (Å²) in [6.45, 7) is 5.08. The fourth-order valence-electron chi connectivity index (χ4n) is 8.80. The minimum Gasteiger partial charge on any atom is -0.493 e. The fourth-order valence-corrected chi connectivity index (χ4v) is 12.5. The van der Waals surface area contributed by atoms with Gasteiger partial charge in [-0.05, 0) is 99.0 Å². The average molecular weight is 1560 g/mol. The number of sulfonamides is 3. The van der Waals surface area contributed by atoms with Gasteiger partial charge < -0.3 is 33.5 Å². The van der Waals surface area contributed by atoms with Gasteiger partial charge in [-0.25, -0.2) is 71.9 Å². The summed E-state index contributed by atoms with van der Waals surface area (Å²) >= 11 is 6.13. The van der Waals surface area contributed by atoms with Crippen LogP contribution in [0.25, 0.3) is 16.6 Å². The van der Waals surface area contributed by atoms with Crippen LogP contribution in [0.3, 0.4) is 0 Å². The predicted molar refractivity (Wildman–Crippen MR) is 358 cm³/mol. The quantitative estimate of drug-likeness (QED) is 0.0165. The summed E-state index contributed by atoms with van der Waals surface area (Å²) in [6, 6.07) is 15.1. The second kappa shape index (κ2) is 35.1. The van der Waals surface area contributed by atoms with Crippen molar-refractivity contribution in [2.24, 2.45) is 7.05 Å². The van der Waals surface area contributed by atoms with Crippen molar-refractivity contribution in [1.29, 1.82) is 0 Å². The first-order chi connectivity index (χ1) is 48.7. The van der Waals surface area contributed by atoms with Crippen molar-refractivity contribution in [2.75, 3.05) is 57.6 Å². The SMILES string of the molecule is CCCCCC(C)OC(=O)COc1ccc(Cl)c2cccnc12.COC(=O)c1ccc(CNS(C)(=O)=O)cc1S(=O)(=O)NC(=O)Nc1nc(OC)cc(OC)n1.COc1ncc(F)c2nc(S(=O)(=O)Nc3c(F)cccc3F)nn12.Cc1nn(C)c(O)c1C(=O)c1ccc(C(F)(F)F)cc1S(C)(=O)=O. The number of sulfone groups is 1. The van der Waals surface area contributed by atoms with E-state index in [-0.39, 0.29) is 71.3 Å². The number of halogens is 7. The van der Waals surface area contributed by atoms with Crippen molar-refractivity contribution in [3.8, 4) is 29.4 Å². The molecule has 0 saturated carbocycles. The van der Waals surface area contributed by atoms with E-state index in [4.69, 9.17) is 35.3 Å². The Morgan fingerprint density at radius 1 is 0.750 bits per heavy atom. The molecule has 2 amide bonds. The lowest BCUT2D eigenvalue weighted by atomic mass is 10.0. The number of carbonyl (C=O) groups is 4. The van der Waals surface area contributed by atoms with E-state index in [2.05, 4.69) is 56.8 Å². The number of rotatable bonds is 24. The molecular weight excluding hydrogens is 1500 g/mol. The number of nitrogens with one attached hydrogen (secondary N) is 4. The van der Waals surface area contributed by atoms with Crippen LogP contribution in [0.1, 0.15) is 82.6 Å². The topological polar surface area (TPSA) is 428 Å². The maximum Gasteiger partial charge on any atom is 0.416 e. The van der Waals surface area contributed by atoms with E-state index in [9.17, 15) is 84.3 Å². The lowest BCUT2D eigenvalue weighted by molar-refractivity contribution is -0.151. The number of esters is 2. The van der Waals surface area contributed by atoms with Crippen LogP contribution in [-0.2, 0) is 73.9 Å². The molecule has 0 radical (unpaired) electrons. The monoisotopic (exact) mass is 1560 g/mol. The number of aromatic hydroxyl groups is 1. The first-order valence-corrected chi connectivity index (χ1v) is 36.7. The molecule has 0 aliphatic rings. The van der Waals surface area contributed by atoms with Crippen LogP contribution in [-0.4, -0.2) is 161 Å². The zero-order valence-electron chi connectivity index (χ0n) is 56.2. The number of methoxy groups -OCH3 is 4. The van der Waals surface area contributed by atoms with Gasteiger partial charge in [0, 0.05) is 37.0 Å². The molecule has 0 fully saturated rings. The van der Waals surface area contributed by atoms with E-state index in [1.807, 2.05) is 19.1 Å². The molecule has 1 atom stereocenters. The lowest BCUT2D eigenvalue weighted by Crippen LogP contribution is -2.35. The second-order valence-electron chi connectivity index (χ2n) is 21.4. The van der Waals surface area contributed by atoms with Crippen molar-refractivity contribution in [3.05, 3.63) is 153 Å². The number of ether oxygens (including phenoxy) is 6. The van der Waals surface area contributed by atoms with E-state index in [0.717, 1.165) is 91.7 Å². The molecule has 0 saturated heterocycles. The van der Waals surface area contributed by atoms with Crippen LogP contribution < -0.4 is 38.4 Å². The number of nitrogens with zero attached hydrogens (tertiary/aromatic N) is 9. The van der Waals surface area contributed by atoms with E-state index in [0.29, 0.717) is 39.2 Å². The highest BCUT2D eigenvalue weighted by Gasteiger charge is 2.35. The number of fused-ring (bicyclic) bond motifs is 2. The number of aryl methyl sites for hydroxylation is 2. The number of para-hydroxylation sites is 1. The number of hydrogen-bond donors (Lipinski definition) is 5. The van der Waals surface area contributed by atoms with Gasteiger partial charge in [0.25, 0.3) is 25.2 Å². The van der Waals surface area contributed by atoms with E-state index in [1.165, 1.54) is 47.4 Å². The molecule has 9 aromatic rings. The number of amides is 2. The summed E-state index contributed by atoms with van der Waals surface area (Å²) in [5.41, 5.74) is -2.69. The van der Waals surface area contributed by atoms with Crippen LogP contribution in [0.15, 0.2) is 112 Å². The largest absolute Gasteiger partial charge is 0.493 e. The zero-order chi connectivity index (χ0) is 77.4. The molecule has 4 aromatic carbocycles. The van der Waals surface area contributed by atoms with Gasteiger partial charge in [0.15, 0.2) is 27.9 Å². The summed E-state index contributed by atoms with van der Waals surface area (Å²) in [5, 5.41) is 19.9. The maximum atomic E-state index is 13.7. The number of alkyl halides is 3. The highest BCUT2D eigenvalue weighted by Crippen LogP contribution is 2.35. The third-order valence-electron chi connectivity index (χ3n) is 13.7. The number of benzene rings is 4. The number of ketones is 1. The summed E-state index contributed by atoms with van der Waals surface area (Å²) in [5.74, 6) is -5.71. The molecule has 5 heterocycles. The Morgan fingerprint density at radius 3 is 1.98 bits per heavy atom. The lowest BCUT2D eigenvalue weighted by Gasteiger charge is -2.14. The third kappa shape index (κ3) is 22.0. The molecule has 32 nitrogen and oxygen atoms in total. The number of unbranched alkanes of at least 4 members (excludes halogenated alkanes) is 2.